The summed E-state index contributed by atoms with van der Waals surface area (Å²) in [6.45, 7) is 0.767. The molecule has 5 nitrogen and oxygen atoms in total. The van der Waals surface area contributed by atoms with Crippen molar-refractivity contribution in [3.05, 3.63) is 60.3 Å². The normalized spacial score (nSPS) is 10.7. The highest BCUT2D eigenvalue weighted by Crippen LogP contribution is 2.20. The van der Waals surface area contributed by atoms with Crippen LogP contribution in [0.5, 0.6) is 5.75 Å². The summed E-state index contributed by atoms with van der Waals surface area (Å²) in [7, 11) is 0. The first-order valence-electron chi connectivity index (χ1n) is 6.96. The highest BCUT2D eigenvalue weighted by Gasteiger charge is 2.10. The van der Waals surface area contributed by atoms with E-state index in [0.717, 1.165) is 12.1 Å². The molecule has 0 atom stereocenters. The molecule has 0 unspecified atom stereocenters. The van der Waals surface area contributed by atoms with Gasteiger partial charge in [-0.3, -0.25) is 0 Å². The van der Waals surface area contributed by atoms with Crippen LogP contribution in [0.25, 0.3) is 11.3 Å². The topological polar surface area (TPSA) is 66.0 Å². The van der Waals surface area contributed by atoms with Crippen LogP contribution in [0, 0.1) is 11.6 Å². The number of hydrogen-bond donors (Lipinski definition) is 1. The minimum absolute atomic E-state index is 0.351. The third-order valence-electron chi connectivity index (χ3n) is 3.28. The van der Waals surface area contributed by atoms with Crippen LogP contribution in [-0.2, 0) is 6.54 Å². The molecule has 2 aromatic carbocycles. The maximum atomic E-state index is 13.3. The summed E-state index contributed by atoms with van der Waals surface area (Å²) in [6.07, 6.45) is 1.50. The maximum Gasteiger partial charge on any atom is 0.159 e. The highest BCUT2D eigenvalue weighted by atomic mass is 19.2. The Kier molecular flexibility index (Phi) is 4.18. The lowest BCUT2D eigenvalue weighted by Crippen LogP contribution is -2.11. The van der Waals surface area contributed by atoms with Crippen molar-refractivity contribution >= 4 is 5.69 Å². The first kappa shape index (κ1) is 15.0. The van der Waals surface area contributed by atoms with Crippen LogP contribution in [0.2, 0.25) is 0 Å². The van der Waals surface area contributed by atoms with Crippen LogP contribution in [0.1, 0.15) is 0 Å². The summed E-state index contributed by atoms with van der Waals surface area (Å²) in [5.41, 5.74) is 7.35. The van der Waals surface area contributed by atoms with Crippen molar-refractivity contribution < 1.29 is 13.5 Å². The molecular formula is C16H14F2N4O. The molecule has 0 aliphatic heterocycles. The molecule has 0 amide bonds. The Balaban J connectivity index is 1.68. The minimum Gasteiger partial charge on any atom is -0.492 e. The Morgan fingerprint density at radius 2 is 1.83 bits per heavy atom. The van der Waals surface area contributed by atoms with Crippen molar-refractivity contribution in [2.45, 2.75) is 6.54 Å². The van der Waals surface area contributed by atoms with E-state index in [4.69, 9.17) is 10.5 Å². The Hall–Kier alpha value is -2.96. The summed E-state index contributed by atoms with van der Waals surface area (Å²) in [6, 6.07) is 10.7. The standard InChI is InChI=1S/C16H14F2N4O/c17-14-6-1-11(9-15(14)18)16-10-20-21-22(16)7-8-23-13-4-2-12(19)3-5-13/h1-6,9-10H,7-8,19H2. The molecule has 0 bridgehead atoms. The lowest BCUT2D eigenvalue weighted by molar-refractivity contribution is 0.290. The molecule has 7 heteroatoms. The van der Waals surface area contributed by atoms with Gasteiger partial charge in [0.1, 0.15) is 12.4 Å². The van der Waals surface area contributed by atoms with Crippen LogP contribution in [0.3, 0.4) is 0 Å². The number of aromatic nitrogens is 3. The zero-order chi connectivity index (χ0) is 16.2. The molecule has 1 aromatic heterocycles. The predicted octanol–water partition coefficient (Wildman–Crippen LogP) is 2.88. The van der Waals surface area contributed by atoms with Crippen molar-refractivity contribution in [3.8, 4) is 17.0 Å². The van der Waals surface area contributed by atoms with Crippen LogP contribution >= 0.6 is 0 Å². The third kappa shape index (κ3) is 3.45. The molecule has 1 heterocycles. The molecule has 118 valence electrons. The average Bonchev–Trinajstić information content (AvgIpc) is 3.00. The second-order valence-corrected chi connectivity index (χ2v) is 4.89. The van der Waals surface area contributed by atoms with Crippen molar-refractivity contribution in [2.75, 3.05) is 12.3 Å². The van der Waals surface area contributed by atoms with Crippen molar-refractivity contribution in [2.24, 2.45) is 0 Å². The average molecular weight is 316 g/mol. The van der Waals surface area contributed by atoms with E-state index in [0.29, 0.717) is 35.8 Å². The van der Waals surface area contributed by atoms with E-state index < -0.39 is 11.6 Å². The number of ether oxygens (including phenoxy) is 1. The molecule has 3 aromatic rings. The molecule has 0 saturated carbocycles. The highest BCUT2D eigenvalue weighted by molar-refractivity contribution is 5.58. The van der Waals surface area contributed by atoms with E-state index in [1.807, 2.05) is 0 Å². The molecule has 0 aliphatic carbocycles. The molecule has 23 heavy (non-hydrogen) atoms. The van der Waals surface area contributed by atoms with Crippen molar-refractivity contribution in [1.29, 1.82) is 0 Å². The molecule has 0 saturated heterocycles. The molecular weight excluding hydrogens is 302 g/mol. The lowest BCUT2D eigenvalue weighted by Gasteiger charge is -2.09. The number of nitrogens with zero attached hydrogens (tertiary/aromatic N) is 3. The number of nitrogens with two attached hydrogens (primary N) is 1. The second-order valence-electron chi connectivity index (χ2n) is 4.89. The maximum absolute atomic E-state index is 13.3. The van der Waals surface area contributed by atoms with Gasteiger partial charge in [-0.1, -0.05) is 5.21 Å². The van der Waals surface area contributed by atoms with Gasteiger partial charge in [0.25, 0.3) is 0 Å². The fourth-order valence-electron chi connectivity index (χ4n) is 2.12. The first-order valence-corrected chi connectivity index (χ1v) is 6.96. The van der Waals surface area contributed by atoms with Gasteiger partial charge in [-0.15, -0.1) is 5.10 Å². The van der Waals surface area contributed by atoms with Crippen molar-refractivity contribution in [1.82, 2.24) is 15.0 Å². The number of anilines is 1. The van der Waals surface area contributed by atoms with Gasteiger partial charge in [-0.05, 0) is 42.5 Å². The summed E-state index contributed by atoms with van der Waals surface area (Å²) >= 11 is 0. The zero-order valence-corrected chi connectivity index (χ0v) is 12.1. The number of hydrogen-bond acceptors (Lipinski definition) is 4. The van der Waals surface area contributed by atoms with Gasteiger partial charge in [0.15, 0.2) is 11.6 Å². The Bertz CT molecular complexity index is 802. The van der Waals surface area contributed by atoms with Gasteiger partial charge in [0, 0.05) is 11.3 Å². The number of halogens is 2. The Labute approximate surface area is 131 Å². The quantitative estimate of drug-likeness (QED) is 0.735. The van der Waals surface area contributed by atoms with E-state index in [9.17, 15) is 8.78 Å². The van der Waals surface area contributed by atoms with E-state index >= 15 is 0 Å². The zero-order valence-electron chi connectivity index (χ0n) is 12.1. The summed E-state index contributed by atoms with van der Waals surface area (Å²) in [4.78, 5) is 0. The minimum atomic E-state index is -0.909. The first-order chi connectivity index (χ1) is 11.1. The van der Waals surface area contributed by atoms with Crippen LogP contribution < -0.4 is 10.5 Å². The van der Waals surface area contributed by atoms with Crippen LogP contribution in [-0.4, -0.2) is 21.6 Å². The van der Waals surface area contributed by atoms with Gasteiger partial charge in [-0.25, -0.2) is 13.5 Å². The smallest absolute Gasteiger partial charge is 0.159 e. The van der Waals surface area contributed by atoms with Gasteiger partial charge in [0.05, 0.1) is 18.4 Å². The van der Waals surface area contributed by atoms with E-state index in [1.54, 1.807) is 28.9 Å². The second kappa shape index (κ2) is 6.43. The van der Waals surface area contributed by atoms with E-state index in [1.165, 1.54) is 12.3 Å². The summed E-state index contributed by atoms with van der Waals surface area (Å²) in [5.74, 6) is -1.11. The van der Waals surface area contributed by atoms with Crippen LogP contribution in [0.15, 0.2) is 48.7 Å². The monoisotopic (exact) mass is 316 g/mol. The van der Waals surface area contributed by atoms with Crippen LogP contribution in [0.4, 0.5) is 14.5 Å². The SMILES string of the molecule is Nc1ccc(OCCn2nncc2-c2ccc(F)c(F)c2)cc1. The molecule has 0 fully saturated rings. The Morgan fingerprint density at radius 1 is 1.04 bits per heavy atom. The summed E-state index contributed by atoms with van der Waals surface area (Å²) < 4.78 is 33.5. The van der Waals surface area contributed by atoms with Gasteiger partial charge in [0.2, 0.25) is 0 Å². The Morgan fingerprint density at radius 3 is 2.57 bits per heavy atom. The molecule has 2 N–H and O–H groups in total. The van der Waals surface area contributed by atoms with E-state index in [2.05, 4.69) is 10.3 Å². The number of rotatable bonds is 5. The van der Waals surface area contributed by atoms with Gasteiger partial charge in [-0.2, -0.15) is 0 Å². The largest absolute Gasteiger partial charge is 0.492 e. The molecule has 0 spiro atoms. The van der Waals surface area contributed by atoms with E-state index in [-0.39, 0.29) is 0 Å². The number of benzene rings is 2. The predicted molar refractivity (Wildman–Crippen MR) is 81.7 cm³/mol. The molecule has 0 aliphatic rings. The lowest BCUT2D eigenvalue weighted by atomic mass is 10.1. The van der Waals surface area contributed by atoms with Gasteiger partial charge >= 0.3 is 0 Å². The summed E-state index contributed by atoms with van der Waals surface area (Å²) in [5, 5.41) is 7.75. The van der Waals surface area contributed by atoms with Gasteiger partial charge < -0.3 is 10.5 Å². The third-order valence-corrected chi connectivity index (χ3v) is 3.28. The fraction of sp³-hybridized carbons (Fsp3) is 0.125. The molecule has 0 radical (unpaired) electrons. The molecule has 3 rings (SSSR count). The number of nitrogen functional groups attached to an aromatic ring is 1. The fourth-order valence-corrected chi connectivity index (χ4v) is 2.12. The van der Waals surface area contributed by atoms with Crippen molar-refractivity contribution in [3.63, 3.8) is 0 Å².